The maximum atomic E-state index is 11.9. The van der Waals surface area contributed by atoms with Crippen LogP contribution in [0.2, 0.25) is 0 Å². The number of allylic oxidation sites excluding steroid dienone is 1. The van der Waals surface area contributed by atoms with Crippen LogP contribution < -0.4 is 0 Å². The number of piperidine rings is 1. The molecular formula is C14H18N2OS. The summed E-state index contributed by atoms with van der Waals surface area (Å²) in [5.74, 6) is 0.121. The lowest BCUT2D eigenvalue weighted by atomic mass is 10.1. The minimum Gasteiger partial charge on any atom is -0.373 e. The number of hydrogen-bond acceptors (Lipinski definition) is 4. The predicted molar refractivity (Wildman–Crippen MR) is 74.0 cm³/mol. The highest BCUT2D eigenvalue weighted by Crippen LogP contribution is 2.21. The molecule has 0 saturated carbocycles. The first-order valence-electron chi connectivity index (χ1n) is 6.56. The zero-order valence-electron chi connectivity index (χ0n) is 10.4. The van der Waals surface area contributed by atoms with Crippen molar-refractivity contribution >= 4 is 17.1 Å². The lowest BCUT2D eigenvalue weighted by Gasteiger charge is -2.30. The van der Waals surface area contributed by atoms with Crippen molar-refractivity contribution in [2.45, 2.75) is 18.9 Å². The smallest absolute Gasteiger partial charge is 0.188 e. The van der Waals surface area contributed by atoms with Gasteiger partial charge in [0.1, 0.15) is 0 Å². The summed E-state index contributed by atoms with van der Waals surface area (Å²) >= 11 is 1.57. The van der Waals surface area contributed by atoms with Crippen LogP contribution in [0.25, 0.3) is 0 Å². The number of rotatable bonds is 3. The Bertz CT molecular complexity index is 433. The number of fused-ring (bicyclic) bond motifs is 4. The van der Waals surface area contributed by atoms with Crippen LogP contribution in [0.5, 0.6) is 0 Å². The zero-order valence-corrected chi connectivity index (χ0v) is 11.2. The molecule has 0 aliphatic carbocycles. The summed E-state index contributed by atoms with van der Waals surface area (Å²) in [7, 11) is 0. The van der Waals surface area contributed by atoms with Gasteiger partial charge in [-0.2, -0.15) is 11.3 Å². The van der Waals surface area contributed by atoms with Crippen LogP contribution in [-0.2, 0) is 0 Å². The van der Waals surface area contributed by atoms with E-state index in [0.717, 1.165) is 18.7 Å². The summed E-state index contributed by atoms with van der Waals surface area (Å²) in [4.78, 5) is 16.8. The number of carbonyl (C=O) groups excluding carboxylic acids is 1. The van der Waals surface area contributed by atoms with E-state index in [4.69, 9.17) is 0 Å². The van der Waals surface area contributed by atoms with Crippen LogP contribution in [0.4, 0.5) is 0 Å². The van der Waals surface area contributed by atoms with Crippen molar-refractivity contribution in [3.63, 3.8) is 0 Å². The van der Waals surface area contributed by atoms with Gasteiger partial charge in [-0.25, -0.2) is 0 Å². The van der Waals surface area contributed by atoms with Crippen LogP contribution in [0.1, 0.15) is 23.2 Å². The minimum absolute atomic E-state index is 0.121. The van der Waals surface area contributed by atoms with Crippen LogP contribution in [0.15, 0.2) is 29.1 Å². The summed E-state index contributed by atoms with van der Waals surface area (Å²) in [5, 5.41) is 3.86. The van der Waals surface area contributed by atoms with Gasteiger partial charge < -0.3 is 9.80 Å². The molecule has 0 N–H and O–H groups in total. The van der Waals surface area contributed by atoms with E-state index in [2.05, 4.69) is 9.80 Å². The molecule has 1 aromatic rings. The molecule has 3 saturated heterocycles. The van der Waals surface area contributed by atoms with Gasteiger partial charge in [-0.05, 0) is 24.3 Å². The van der Waals surface area contributed by atoms with E-state index in [9.17, 15) is 4.79 Å². The van der Waals surface area contributed by atoms with E-state index in [1.165, 1.54) is 25.9 Å². The fourth-order valence-electron chi connectivity index (χ4n) is 2.77. The summed E-state index contributed by atoms with van der Waals surface area (Å²) in [6, 6.07) is 2.52. The molecule has 0 aromatic carbocycles. The molecule has 3 nitrogen and oxygen atoms in total. The molecule has 4 heteroatoms. The highest BCUT2D eigenvalue weighted by molar-refractivity contribution is 7.08. The van der Waals surface area contributed by atoms with Crippen molar-refractivity contribution in [2.24, 2.45) is 0 Å². The largest absolute Gasteiger partial charge is 0.373 e. The maximum Gasteiger partial charge on any atom is 0.188 e. The number of ketones is 1. The van der Waals surface area contributed by atoms with Crippen molar-refractivity contribution in [1.82, 2.24) is 9.80 Å². The molecule has 4 rings (SSSR count). The molecule has 1 aromatic heterocycles. The molecule has 2 bridgehead atoms. The molecule has 18 heavy (non-hydrogen) atoms. The number of carbonyl (C=O) groups is 1. The van der Waals surface area contributed by atoms with Crippen molar-refractivity contribution in [2.75, 3.05) is 26.2 Å². The predicted octanol–water partition coefficient (Wildman–Crippen LogP) is 2.22. The van der Waals surface area contributed by atoms with Crippen LogP contribution in [0, 0.1) is 0 Å². The fourth-order valence-corrected chi connectivity index (χ4v) is 3.42. The van der Waals surface area contributed by atoms with E-state index in [1.54, 1.807) is 17.4 Å². The summed E-state index contributed by atoms with van der Waals surface area (Å²) in [5.41, 5.74) is 0.805. The van der Waals surface area contributed by atoms with Gasteiger partial charge in [0, 0.05) is 55.4 Å². The third-order valence-corrected chi connectivity index (χ3v) is 4.61. The van der Waals surface area contributed by atoms with Gasteiger partial charge in [-0.1, -0.05) is 0 Å². The molecule has 0 amide bonds. The summed E-state index contributed by atoms with van der Waals surface area (Å²) in [6.07, 6.45) is 6.21. The lowest BCUT2D eigenvalue weighted by Crippen LogP contribution is -2.35. The molecule has 0 spiro atoms. The monoisotopic (exact) mass is 262 g/mol. The van der Waals surface area contributed by atoms with Crippen molar-refractivity contribution in [1.29, 1.82) is 0 Å². The van der Waals surface area contributed by atoms with E-state index in [1.807, 2.05) is 23.0 Å². The topological polar surface area (TPSA) is 23.6 Å². The van der Waals surface area contributed by atoms with Gasteiger partial charge in [0.15, 0.2) is 5.78 Å². The Morgan fingerprint density at radius 3 is 2.83 bits per heavy atom. The Labute approximate surface area is 112 Å². The highest BCUT2D eigenvalue weighted by atomic mass is 32.1. The Morgan fingerprint density at radius 1 is 1.28 bits per heavy atom. The highest BCUT2D eigenvalue weighted by Gasteiger charge is 2.26. The van der Waals surface area contributed by atoms with Gasteiger partial charge in [-0.15, -0.1) is 0 Å². The van der Waals surface area contributed by atoms with E-state index < -0.39 is 0 Å². The first-order chi connectivity index (χ1) is 8.83. The van der Waals surface area contributed by atoms with E-state index in [-0.39, 0.29) is 5.78 Å². The second-order valence-electron chi connectivity index (χ2n) is 5.00. The lowest BCUT2D eigenvalue weighted by molar-refractivity contribution is 0.104. The Balaban J connectivity index is 1.66. The molecule has 0 radical (unpaired) electrons. The summed E-state index contributed by atoms with van der Waals surface area (Å²) < 4.78 is 0. The van der Waals surface area contributed by atoms with Crippen LogP contribution >= 0.6 is 11.3 Å². The van der Waals surface area contributed by atoms with E-state index in [0.29, 0.717) is 6.04 Å². The maximum absolute atomic E-state index is 11.9. The average Bonchev–Trinajstić information content (AvgIpc) is 2.80. The number of thiophene rings is 1. The molecule has 3 aliphatic heterocycles. The van der Waals surface area contributed by atoms with Crippen molar-refractivity contribution in [3.8, 4) is 0 Å². The third kappa shape index (κ3) is 2.49. The Hall–Kier alpha value is -1.13. The molecule has 0 unspecified atom stereocenters. The van der Waals surface area contributed by atoms with Crippen molar-refractivity contribution in [3.05, 3.63) is 34.7 Å². The normalized spacial score (nSPS) is 27.7. The fraction of sp³-hybridized carbons (Fsp3) is 0.500. The molecule has 96 valence electrons. The number of hydrogen-bond donors (Lipinski definition) is 0. The minimum atomic E-state index is 0.121. The summed E-state index contributed by atoms with van der Waals surface area (Å²) in [6.45, 7) is 4.62. The van der Waals surface area contributed by atoms with Gasteiger partial charge >= 0.3 is 0 Å². The third-order valence-electron chi connectivity index (χ3n) is 3.92. The van der Waals surface area contributed by atoms with Crippen LogP contribution in [0.3, 0.4) is 0 Å². The van der Waals surface area contributed by atoms with Gasteiger partial charge in [0.05, 0.1) is 0 Å². The Morgan fingerprint density at radius 2 is 2.11 bits per heavy atom. The molecule has 4 heterocycles. The average molecular weight is 262 g/mol. The van der Waals surface area contributed by atoms with E-state index >= 15 is 0 Å². The second-order valence-corrected chi connectivity index (χ2v) is 5.78. The molecule has 3 aliphatic rings. The SMILES string of the molecule is O=C(/C=C/N1CCN2CCC1CC2)c1ccsc1. The molecular weight excluding hydrogens is 244 g/mol. The Kier molecular flexibility index (Phi) is 3.48. The van der Waals surface area contributed by atoms with Crippen LogP contribution in [-0.4, -0.2) is 47.8 Å². The zero-order chi connectivity index (χ0) is 12.4. The van der Waals surface area contributed by atoms with Gasteiger partial charge in [0.2, 0.25) is 0 Å². The first kappa shape index (κ1) is 11.9. The first-order valence-corrected chi connectivity index (χ1v) is 7.50. The standard InChI is InChI=1S/C14H18N2OS/c17-14(12-4-10-18-11-12)3-7-16-9-8-15-5-1-13(16)2-6-15/h3-4,7,10-11,13H,1-2,5-6,8-9H2/b7-3+. The quantitative estimate of drug-likeness (QED) is 0.616. The second kappa shape index (κ2) is 5.24. The molecule has 0 atom stereocenters. The van der Waals surface area contributed by atoms with Gasteiger partial charge in [0.25, 0.3) is 0 Å². The van der Waals surface area contributed by atoms with Crippen molar-refractivity contribution < 1.29 is 4.79 Å². The molecule has 3 fully saturated rings. The number of nitrogens with zero attached hydrogens (tertiary/aromatic N) is 2. The van der Waals surface area contributed by atoms with Gasteiger partial charge in [-0.3, -0.25) is 4.79 Å².